The van der Waals surface area contributed by atoms with Gasteiger partial charge in [-0.25, -0.2) is 8.42 Å². The summed E-state index contributed by atoms with van der Waals surface area (Å²) in [5, 5.41) is 3.24. The van der Waals surface area contributed by atoms with Gasteiger partial charge in [-0.2, -0.15) is 4.31 Å². The first-order valence-corrected chi connectivity index (χ1v) is 15.4. The third-order valence-corrected chi connectivity index (χ3v) is 10.2. The highest BCUT2D eigenvalue weighted by Gasteiger charge is 2.33. The fourth-order valence-corrected chi connectivity index (χ4v) is 7.62. The van der Waals surface area contributed by atoms with Gasteiger partial charge in [-0.1, -0.05) is 0 Å². The molecule has 1 aromatic heterocycles. The molecule has 0 spiro atoms. The number of sulfonamides is 1. The summed E-state index contributed by atoms with van der Waals surface area (Å²) >= 11 is 1.27. The maximum atomic E-state index is 13.2. The van der Waals surface area contributed by atoms with Gasteiger partial charge in [0.05, 0.1) is 29.5 Å². The summed E-state index contributed by atoms with van der Waals surface area (Å²) in [6.07, 6.45) is 1.29. The van der Waals surface area contributed by atoms with Crippen LogP contribution in [0.3, 0.4) is 0 Å². The molecule has 0 unspecified atom stereocenters. The third kappa shape index (κ3) is 6.06. The van der Waals surface area contributed by atoms with Gasteiger partial charge >= 0.3 is 5.97 Å². The second-order valence-electron chi connectivity index (χ2n) is 10.0. The fraction of sp³-hybridized carbons (Fsp3) is 0.481. The summed E-state index contributed by atoms with van der Waals surface area (Å²) in [6.45, 7) is 4.82. The van der Waals surface area contributed by atoms with Crippen LogP contribution in [0, 0.1) is 5.92 Å². The molecule has 1 N–H and O–H groups in total. The lowest BCUT2D eigenvalue weighted by Crippen LogP contribution is -2.40. The van der Waals surface area contributed by atoms with E-state index in [9.17, 15) is 27.6 Å². The van der Waals surface area contributed by atoms with Crippen molar-refractivity contribution in [3.8, 4) is 0 Å². The van der Waals surface area contributed by atoms with Gasteiger partial charge in [0.2, 0.25) is 15.9 Å². The number of piperidine rings is 1. The summed E-state index contributed by atoms with van der Waals surface area (Å²) in [5.41, 5.74) is 1.50. The molecule has 3 amide bonds. The lowest BCUT2D eigenvalue weighted by molar-refractivity contribution is -0.149. The minimum Gasteiger partial charge on any atom is -0.466 e. The highest BCUT2D eigenvalue weighted by atomic mass is 32.2. The Balaban J connectivity index is 1.49. The molecule has 0 saturated carbocycles. The van der Waals surface area contributed by atoms with Gasteiger partial charge in [0.15, 0.2) is 0 Å². The van der Waals surface area contributed by atoms with Crippen LogP contribution < -0.4 is 5.32 Å². The molecule has 2 aromatic rings. The molecule has 4 rings (SSSR count). The van der Waals surface area contributed by atoms with Crippen LogP contribution in [-0.2, 0) is 37.3 Å². The summed E-state index contributed by atoms with van der Waals surface area (Å²) in [5.74, 6) is -1.38. The molecule has 0 radical (unpaired) electrons. The van der Waals surface area contributed by atoms with Gasteiger partial charge in [-0.15, -0.1) is 11.3 Å². The summed E-state index contributed by atoms with van der Waals surface area (Å²) in [6, 6.07) is 5.65. The number of nitrogens with one attached hydrogen (secondary N) is 1. The standard InChI is InChI=1S/C27H34N4O7S2/c1-5-38-27(35)19-10-14-31(15-11-19)40(36,37)20-8-6-18(7-9-20)24(33)28-25-23(26(34)29(3)4)21-12-13-30(17(2)32)16-22(21)39-25/h6-9,19H,5,10-16H2,1-4H3,(H,28,33). The number of esters is 1. The normalized spacial score (nSPS) is 16.2. The van der Waals surface area contributed by atoms with E-state index in [0.717, 1.165) is 10.4 Å². The molecule has 0 aliphatic carbocycles. The van der Waals surface area contributed by atoms with Crippen LogP contribution in [0.25, 0.3) is 0 Å². The smallest absolute Gasteiger partial charge is 0.309 e. The monoisotopic (exact) mass is 590 g/mol. The van der Waals surface area contributed by atoms with Gasteiger partial charge in [-0.3, -0.25) is 19.2 Å². The SMILES string of the molecule is CCOC(=O)C1CCN(S(=O)(=O)c2ccc(C(=O)Nc3sc4c(c3C(=O)N(C)C)CCN(C(C)=O)C4)cc2)CC1. The number of thiophene rings is 1. The molecule has 2 aliphatic rings. The number of carbonyl (C=O) groups excluding carboxylic acids is 4. The van der Waals surface area contributed by atoms with Crippen molar-refractivity contribution in [3.05, 3.63) is 45.8 Å². The topological polar surface area (TPSA) is 133 Å². The average molecular weight is 591 g/mol. The molecule has 3 heterocycles. The van der Waals surface area contributed by atoms with Crippen molar-refractivity contribution in [1.29, 1.82) is 0 Å². The average Bonchev–Trinajstić information content (AvgIpc) is 3.29. The zero-order valence-electron chi connectivity index (χ0n) is 23.1. The summed E-state index contributed by atoms with van der Waals surface area (Å²) in [7, 11) is -0.517. The lowest BCUT2D eigenvalue weighted by Gasteiger charge is -2.30. The van der Waals surface area contributed by atoms with Crippen molar-refractivity contribution in [1.82, 2.24) is 14.1 Å². The number of fused-ring (bicyclic) bond motifs is 1. The molecule has 1 saturated heterocycles. The van der Waals surface area contributed by atoms with Gasteiger partial charge in [0, 0.05) is 51.1 Å². The molecule has 13 heteroatoms. The Morgan fingerprint density at radius 3 is 2.30 bits per heavy atom. The first-order valence-electron chi connectivity index (χ1n) is 13.1. The van der Waals surface area contributed by atoms with E-state index in [2.05, 4.69) is 5.32 Å². The van der Waals surface area contributed by atoms with Crippen LogP contribution in [0.15, 0.2) is 29.2 Å². The van der Waals surface area contributed by atoms with Gasteiger partial charge in [0.25, 0.3) is 11.8 Å². The van der Waals surface area contributed by atoms with Crippen LogP contribution in [-0.4, -0.2) is 86.6 Å². The van der Waals surface area contributed by atoms with Crippen molar-refractivity contribution in [2.24, 2.45) is 5.92 Å². The highest BCUT2D eigenvalue weighted by Crippen LogP contribution is 2.38. The van der Waals surface area contributed by atoms with Gasteiger partial charge in [0.1, 0.15) is 5.00 Å². The molecule has 216 valence electrons. The van der Waals surface area contributed by atoms with E-state index in [1.54, 1.807) is 25.9 Å². The number of hydrogen-bond acceptors (Lipinski definition) is 8. The number of amides is 3. The minimum absolute atomic E-state index is 0.0523. The number of nitrogens with zero attached hydrogens (tertiary/aromatic N) is 3. The van der Waals surface area contributed by atoms with Crippen molar-refractivity contribution < 1.29 is 32.3 Å². The Morgan fingerprint density at radius 1 is 1.07 bits per heavy atom. The zero-order chi connectivity index (χ0) is 29.2. The molecule has 40 heavy (non-hydrogen) atoms. The number of benzene rings is 1. The van der Waals surface area contributed by atoms with E-state index >= 15 is 0 Å². The molecule has 2 aliphatic heterocycles. The second kappa shape index (κ2) is 12.1. The van der Waals surface area contributed by atoms with E-state index in [1.165, 1.54) is 51.7 Å². The van der Waals surface area contributed by atoms with Crippen LogP contribution in [0.4, 0.5) is 5.00 Å². The fourth-order valence-electron chi connectivity index (χ4n) is 4.90. The van der Waals surface area contributed by atoms with Crippen LogP contribution in [0.5, 0.6) is 0 Å². The molecular weight excluding hydrogens is 556 g/mol. The predicted octanol–water partition coefficient (Wildman–Crippen LogP) is 2.57. The molecule has 11 nitrogen and oxygen atoms in total. The number of hydrogen-bond donors (Lipinski definition) is 1. The van der Waals surface area contributed by atoms with Gasteiger partial charge in [-0.05, 0) is 56.0 Å². The van der Waals surface area contributed by atoms with E-state index in [4.69, 9.17) is 4.74 Å². The van der Waals surface area contributed by atoms with Crippen molar-refractivity contribution in [2.75, 3.05) is 45.7 Å². The maximum absolute atomic E-state index is 13.2. The summed E-state index contributed by atoms with van der Waals surface area (Å²) in [4.78, 5) is 54.1. The molecular formula is C27H34N4O7S2. The Hall–Kier alpha value is -3.29. The number of rotatable bonds is 7. The Morgan fingerprint density at radius 2 is 1.73 bits per heavy atom. The van der Waals surface area contributed by atoms with Crippen LogP contribution >= 0.6 is 11.3 Å². The molecule has 0 atom stereocenters. The van der Waals surface area contributed by atoms with Crippen molar-refractivity contribution in [3.63, 3.8) is 0 Å². The van der Waals surface area contributed by atoms with E-state index < -0.39 is 15.9 Å². The Labute approximate surface area is 238 Å². The quantitative estimate of drug-likeness (QED) is 0.490. The van der Waals surface area contributed by atoms with E-state index in [0.29, 0.717) is 42.9 Å². The van der Waals surface area contributed by atoms with E-state index in [1.807, 2.05) is 0 Å². The number of anilines is 1. The molecule has 0 bridgehead atoms. The van der Waals surface area contributed by atoms with Crippen molar-refractivity contribution in [2.45, 2.75) is 44.6 Å². The molecule has 1 aromatic carbocycles. The van der Waals surface area contributed by atoms with Crippen molar-refractivity contribution >= 4 is 50.1 Å². The zero-order valence-corrected chi connectivity index (χ0v) is 24.7. The second-order valence-corrected chi connectivity index (χ2v) is 13.1. The van der Waals surface area contributed by atoms with Gasteiger partial charge < -0.3 is 19.9 Å². The van der Waals surface area contributed by atoms with Crippen LogP contribution in [0.1, 0.15) is 57.8 Å². The predicted molar refractivity (Wildman–Crippen MR) is 150 cm³/mol. The van der Waals surface area contributed by atoms with E-state index in [-0.39, 0.29) is 53.9 Å². The third-order valence-electron chi connectivity index (χ3n) is 7.18. The number of ether oxygens (including phenoxy) is 1. The summed E-state index contributed by atoms with van der Waals surface area (Å²) < 4.78 is 32.7. The molecule has 1 fully saturated rings. The maximum Gasteiger partial charge on any atom is 0.309 e. The lowest BCUT2D eigenvalue weighted by atomic mass is 9.98. The largest absolute Gasteiger partial charge is 0.466 e. The first-order chi connectivity index (χ1) is 18.9. The Bertz CT molecular complexity index is 1410. The minimum atomic E-state index is -3.80. The number of carbonyl (C=O) groups is 4. The Kier molecular flexibility index (Phi) is 8.96. The van der Waals surface area contributed by atoms with Crippen LogP contribution in [0.2, 0.25) is 0 Å². The highest BCUT2D eigenvalue weighted by molar-refractivity contribution is 7.89. The first kappa shape index (κ1) is 29.7.